The van der Waals surface area contributed by atoms with E-state index >= 15 is 0 Å². The van der Waals surface area contributed by atoms with Crippen LogP contribution in [0.2, 0.25) is 0 Å². The number of nitrogens with zero attached hydrogens (tertiary/aromatic N) is 2. The average molecular weight is 458 g/mol. The number of rotatable bonds is 5. The second-order valence-corrected chi connectivity index (χ2v) is 7.95. The highest BCUT2D eigenvalue weighted by atomic mass is 35.5. The fraction of sp³-hybridized carbons (Fsp3) is 0.154. The quantitative estimate of drug-likeness (QED) is 0.405. The Labute approximate surface area is 198 Å². The fourth-order valence-corrected chi connectivity index (χ4v) is 4.13. The van der Waals surface area contributed by atoms with Crippen LogP contribution in [0, 0.1) is 0 Å². The maximum atomic E-state index is 6.03. The van der Waals surface area contributed by atoms with Crippen LogP contribution in [0.25, 0.3) is 22.2 Å². The number of hydrogen-bond acceptors (Lipinski definition) is 5. The van der Waals surface area contributed by atoms with Gasteiger partial charge in [0.2, 0.25) is 0 Å². The molecule has 1 aromatic heterocycles. The Hall–Kier alpha value is -3.77. The molecule has 0 spiro atoms. The monoisotopic (exact) mass is 457 g/mol. The zero-order chi connectivity index (χ0) is 21.3. The Morgan fingerprint density at radius 2 is 1.21 bits per heavy atom. The van der Waals surface area contributed by atoms with E-state index in [0.717, 1.165) is 77.3 Å². The molecule has 7 heteroatoms. The summed E-state index contributed by atoms with van der Waals surface area (Å²) in [5.74, 6) is 3.55. The van der Waals surface area contributed by atoms with E-state index < -0.39 is 0 Å². The molecule has 33 heavy (non-hydrogen) atoms. The van der Waals surface area contributed by atoms with Gasteiger partial charge in [-0.3, -0.25) is 9.98 Å². The predicted octanol–water partition coefficient (Wildman–Crippen LogP) is 4.75. The van der Waals surface area contributed by atoms with E-state index in [2.05, 4.69) is 62.0 Å². The van der Waals surface area contributed by atoms with Crippen molar-refractivity contribution in [1.29, 1.82) is 0 Å². The van der Waals surface area contributed by atoms with Gasteiger partial charge in [-0.05, 0) is 66.2 Å². The van der Waals surface area contributed by atoms with E-state index in [9.17, 15) is 0 Å². The Bertz CT molecular complexity index is 1340. The van der Waals surface area contributed by atoms with Gasteiger partial charge in [0.1, 0.15) is 23.2 Å². The second-order valence-electron chi connectivity index (χ2n) is 7.95. The number of nitrogens with one attached hydrogen (secondary N) is 3. The van der Waals surface area contributed by atoms with Gasteiger partial charge in [0.25, 0.3) is 0 Å². The minimum atomic E-state index is 0. The summed E-state index contributed by atoms with van der Waals surface area (Å²) in [6.45, 7) is 3.50. The highest BCUT2D eigenvalue weighted by molar-refractivity contribution is 6.03. The lowest BCUT2D eigenvalue weighted by molar-refractivity contribution is 0.483. The largest absolute Gasteiger partial charge is 0.457 e. The van der Waals surface area contributed by atoms with Gasteiger partial charge in [-0.25, -0.2) is 0 Å². The van der Waals surface area contributed by atoms with Crippen LogP contribution in [0.15, 0.2) is 82.8 Å². The number of ether oxygens (including phenoxy) is 1. The Morgan fingerprint density at radius 3 is 1.82 bits per heavy atom. The van der Waals surface area contributed by atoms with Crippen LogP contribution in [-0.4, -0.2) is 42.8 Å². The first-order chi connectivity index (χ1) is 15.8. The summed E-state index contributed by atoms with van der Waals surface area (Å²) in [7, 11) is 0. The van der Waals surface area contributed by atoms with Crippen LogP contribution in [0.1, 0.15) is 11.1 Å². The minimum absolute atomic E-state index is 0. The lowest BCUT2D eigenvalue weighted by atomic mass is 10.1. The first-order valence-corrected chi connectivity index (χ1v) is 10.9. The molecule has 0 radical (unpaired) electrons. The van der Waals surface area contributed by atoms with Gasteiger partial charge in [0.05, 0.1) is 13.1 Å². The van der Waals surface area contributed by atoms with E-state index in [4.69, 9.17) is 4.74 Å². The summed E-state index contributed by atoms with van der Waals surface area (Å²) in [6, 6.07) is 24.8. The topological polar surface area (TPSA) is 73.8 Å². The first kappa shape index (κ1) is 21.1. The smallest absolute Gasteiger partial charge is 0.128 e. The number of benzene rings is 3. The molecule has 0 fully saturated rings. The molecular formula is C26H24ClN5O. The molecule has 0 atom stereocenters. The van der Waals surface area contributed by atoms with Crippen molar-refractivity contribution in [3.05, 3.63) is 83.9 Å². The van der Waals surface area contributed by atoms with Gasteiger partial charge in [0.15, 0.2) is 0 Å². The van der Waals surface area contributed by atoms with Crippen molar-refractivity contribution in [2.45, 2.75) is 0 Å². The maximum Gasteiger partial charge on any atom is 0.128 e. The molecule has 0 bridgehead atoms. The van der Waals surface area contributed by atoms with Crippen molar-refractivity contribution in [2.24, 2.45) is 9.98 Å². The summed E-state index contributed by atoms with van der Waals surface area (Å²) in [5, 5.41) is 7.80. The molecule has 3 N–H and O–H groups in total. The number of fused-ring (bicyclic) bond motifs is 1. The molecule has 4 aromatic rings. The van der Waals surface area contributed by atoms with Crippen molar-refractivity contribution >= 4 is 35.0 Å². The third-order valence-corrected chi connectivity index (χ3v) is 5.77. The van der Waals surface area contributed by atoms with E-state index in [-0.39, 0.29) is 12.4 Å². The molecule has 3 heterocycles. The van der Waals surface area contributed by atoms with E-state index in [1.807, 2.05) is 36.4 Å². The summed E-state index contributed by atoms with van der Waals surface area (Å²) in [5.41, 5.74) is 5.51. The van der Waals surface area contributed by atoms with Crippen molar-refractivity contribution in [1.82, 2.24) is 15.6 Å². The molecule has 0 saturated carbocycles. The van der Waals surface area contributed by atoms with E-state index in [1.54, 1.807) is 0 Å². The van der Waals surface area contributed by atoms with Crippen LogP contribution >= 0.6 is 12.4 Å². The lowest BCUT2D eigenvalue weighted by Gasteiger charge is -2.08. The summed E-state index contributed by atoms with van der Waals surface area (Å²) in [6.07, 6.45) is 0. The average Bonchev–Trinajstić information content (AvgIpc) is 3.61. The fourth-order valence-electron chi connectivity index (χ4n) is 4.13. The SMILES string of the molecule is Cl.c1cc(C2=NCCN2)ccc1Oc1ccc(-c2cc3ccc(C4=NCCN4)cc3[nH]2)cc1. The molecular weight excluding hydrogens is 434 g/mol. The van der Waals surface area contributed by atoms with Crippen molar-refractivity contribution in [3.8, 4) is 22.8 Å². The van der Waals surface area contributed by atoms with Crippen molar-refractivity contribution in [2.75, 3.05) is 26.2 Å². The zero-order valence-electron chi connectivity index (χ0n) is 18.0. The van der Waals surface area contributed by atoms with Gasteiger partial charge >= 0.3 is 0 Å². The number of halogens is 1. The molecule has 166 valence electrons. The molecule has 0 aliphatic carbocycles. The third kappa shape index (κ3) is 4.30. The second kappa shape index (κ2) is 9.00. The van der Waals surface area contributed by atoms with Gasteiger partial charge in [-0.15, -0.1) is 12.4 Å². The minimum Gasteiger partial charge on any atom is -0.457 e. The summed E-state index contributed by atoms with van der Waals surface area (Å²) >= 11 is 0. The standard InChI is InChI=1S/C26H23N5O.ClH/c1-2-20(26-29-13-14-30-26)16-24-19(1)15-23(31-24)17-3-7-21(8-4-17)32-22-9-5-18(6-10-22)25-27-11-12-28-25;/h1-10,15-16,31H,11-14H2,(H,27,28)(H,29,30);1H. The van der Waals surface area contributed by atoms with Crippen LogP contribution in [-0.2, 0) is 0 Å². The molecule has 0 unspecified atom stereocenters. The number of H-pyrrole nitrogens is 1. The lowest BCUT2D eigenvalue weighted by Crippen LogP contribution is -2.19. The number of amidine groups is 2. The molecule has 2 aliphatic heterocycles. The van der Waals surface area contributed by atoms with Gasteiger partial charge < -0.3 is 20.4 Å². The highest BCUT2D eigenvalue weighted by Gasteiger charge is 2.11. The van der Waals surface area contributed by atoms with Gasteiger partial charge in [-0.1, -0.05) is 12.1 Å². The first-order valence-electron chi connectivity index (χ1n) is 10.9. The zero-order valence-corrected chi connectivity index (χ0v) is 18.8. The Kier molecular flexibility index (Phi) is 5.75. The Morgan fingerprint density at radius 1 is 0.636 bits per heavy atom. The third-order valence-electron chi connectivity index (χ3n) is 5.77. The molecule has 6 rings (SSSR count). The normalized spacial score (nSPS) is 14.8. The summed E-state index contributed by atoms with van der Waals surface area (Å²) in [4.78, 5) is 12.5. The summed E-state index contributed by atoms with van der Waals surface area (Å²) < 4.78 is 6.03. The molecule has 0 saturated heterocycles. The maximum absolute atomic E-state index is 6.03. The number of hydrogen-bond donors (Lipinski definition) is 3. The number of aromatic nitrogens is 1. The van der Waals surface area contributed by atoms with E-state index in [1.165, 1.54) is 5.39 Å². The molecule has 6 nitrogen and oxygen atoms in total. The van der Waals surface area contributed by atoms with Gasteiger partial charge in [-0.2, -0.15) is 0 Å². The molecule has 3 aromatic carbocycles. The highest BCUT2D eigenvalue weighted by Crippen LogP contribution is 2.28. The Balaban J connectivity index is 0.00000228. The number of aromatic amines is 1. The van der Waals surface area contributed by atoms with Gasteiger partial charge in [0, 0.05) is 40.8 Å². The van der Waals surface area contributed by atoms with Crippen LogP contribution < -0.4 is 15.4 Å². The van der Waals surface area contributed by atoms with Crippen LogP contribution in [0.5, 0.6) is 11.5 Å². The van der Waals surface area contributed by atoms with E-state index in [0.29, 0.717) is 0 Å². The number of aliphatic imine (C=N–C) groups is 2. The van der Waals surface area contributed by atoms with Crippen LogP contribution in [0.3, 0.4) is 0 Å². The molecule has 0 amide bonds. The van der Waals surface area contributed by atoms with Crippen LogP contribution in [0.4, 0.5) is 0 Å². The molecule has 2 aliphatic rings. The van der Waals surface area contributed by atoms with Crippen molar-refractivity contribution in [3.63, 3.8) is 0 Å². The predicted molar refractivity (Wildman–Crippen MR) is 136 cm³/mol. The van der Waals surface area contributed by atoms with Crippen molar-refractivity contribution < 1.29 is 4.74 Å².